The van der Waals surface area contributed by atoms with Crippen molar-refractivity contribution in [3.63, 3.8) is 0 Å². The molecule has 0 saturated heterocycles. The maximum Gasteiger partial charge on any atom is 0.343 e. The van der Waals surface area contributed by atoms with E-state index in [4.69, 9.17) is 4.74 Å². The van der Waals surface area contributed by atoms with Gasteiger partial charge in [0.1, 0.15) is 0 Å². The molecular formula is C9H15N3O4S. The van der Waals surface area contributed by atoms with E-state index in [9.17, 15) is 14.7 Å². The van der Waals surface area contributed by atoms with E-state index >= 15 is 0 Å². The van der Waals surface area contributed by atoms with E-state index in [0.29, 0.717) is 11.8 Å². The minimum atomic E-state index is -0.814. The van der Waals surface area contributed by atoms with Crippen molar-refractivity contribution in [2.75, 3.05) is 12.4 Å². The highest BCUT2D eigenvalue weighted by Gasteiger charge is 2.14. The highest BCUT2D eigenvalue weighted by molar-refractivity contribution is 7.99. The van der Waals surface area contributed by atoms with Gasteiger partial charge in [-0.3, -0.25) is 9.36 Å². The number of esters is 1. The smallest absolute Gasteiger partial charge is 0.343 e. The lowest BCUT2D eigenvalue weighted by Crippen LogP contribution is -2.18. The summed E-state index contributed by atoms with van der Waals surface area (Å²) in [4.78, 5) is 22.1. The van der Waals surface area contributed by atoms with Crippen LogP contribution in [0.5, 0.6) is 0 Å². The zero-order valence-corrected chi connectivity index (χ0v) is 10.5. The van der Waals surface area contributed by atoms with E-state index in [1.54, 1.807) is 14.0 Å². The SMILES string of the molecule is CCOC(=O)CC(O)CSc1n[nH]c(=O)n1C. The quantitative estimate of drug-likeness (QED) is 0.530. The summed E-state index contributed by atoms with van der Waals surface area (Å²) >= 11 is 1.20. The predicted molar refractivity (Wildman–Crippen MR) is 61.8 cm³/mol. The van der Waals surface area contributed by atoms with E-state index in [-0.39, 0.29) is 17.9 Å². The predicted octanol–water partition coefficient (Wildman–Crippen LogP) is -0.485. The Kier molecular flexibility index (Phi) is 5.23. The summed E-state index contributed by atoms with van der Waals surface area (Å²) < 4.78 is 6.04. The molecule has 0 spiro atoms. The molecule has 1 aromatic heterocycles. The van der Waals surface area contributed by atoms with Crippen LogP contribution >= 0.6 is 11.8 Å². The topological polar surface area (TPSA) is 97.2 Å². The van der Waals surface area contributed by atoms with E-state index in [1.165, 1.54) is 16.3 Å². The fourth-order valence-corrected chi connectivity index (χ4v) is 1.95. The number of hydrogen-bond donors (Lipinski definition) is 2. The molecule has 8 heteroatoms. The number of aliphatic hydroxyl groups excluding tert-OH is 1. The van der Waals surface area contributed by atoms with Crippen LogP contribution in [0.25, 0.3) is 0 Å². The maximum atomic E-state index is 11.1. The Morgan fingerprint density at radius 3 is 2.94 bits per heavy atom. The number of nitrogens with one attached hydrogen (secondary N) is 1. The molecule has 0 fully saturated rings. The van der Waals surface area contributed by atoms with Crippen LogP contribution in [0.4, 0.5) is 0 Å². The molecule has 7 nitrogen and oxygen atoms in total. The number of ether oxygens (including phenoxy) is 1. The average Bonchev–Trinajstić information content (AvgIpc) is 2.57. The van der Waals surface area contributed by atoms with Gasteiger partial charge in [-0.2, -0.15) is 0 Å². The van der Waals surface area contributed by atoms with Gasteiger partial charge in [0, 0.05) is 12.8 Å². The van der Waals surface area contributed by atoms with Gasteiger partial charge in [0.15, 0.2) is 5.16 Å². The van der Waals surface area contributed by atoms with Gasteiger partial charge in [0.2, 0.25) is 0 Å². The van der Waals surface area contributed by atoms with Crippen molar-refractivity contribution in [3.05, 3.63) is 10.5 Å². The number of thioether (sulfide) groups is 1. The second kappa shape index (κ2) is 6.45. The third-order valence-corrected chi connectivity index (χ3v) is 3.13. The van der Waals surface area contributed by atoms with Crippen LogP contribution in [0.1, 0.15) is 13.3 Å². The minimum Gasteiger partial charge on any atom is -0.466 e. The van der Waals surface area contributed by atoms with E-state index in [2.05, 4.69) is 10.2 Å². The molecular weight excluding hydrogens is 246 g/mol. The van der Waals surface area contributed by atoms with Gasteiger partial charge in [-0.1, -0.05) is 11.8 Å². The number of carbonyl (C=O) groups excluding carboxylic acids is 1. The molecule has 0 aliphatic heterocycles. The van der Waals surface area contributed by atoms with Crippen LogP contribution in [0.2, 0.25) is 0 Å². The molecule has 1 aromatic rings. The summed E-state index contributed by atoms with van der Waals surface area (Å²) in [5, 5.41) is 16.1. The molecule has 17 heavy (non-hydrogen) atoms. The van der Waals surface area contributed by atoms with Crippen molar-refractivity contribution in [3.8, 4) is 0 Å². The number of nitrogens with zero attached hydrogens (tertiary/aromatic N) is 2. The van der Waals surface area contributed by atoms with Crippen LogP contribution in [0.3, 0.4) is 0 Å². The Labute approximate surface area is 102 Å². The Balaban J connectivity index is 2.38. The van der Waals surface area contributed by atoms with Gasteiger partial charge in [-0.15, -0.1) is 5.10 Å². The number of rotatable bonds is 6. The molecule has 1 rings (SSSR count). The molecule has 0 saturated carbocycles. The third kappa shape index (κ3) is 4.23. The molecule has 0 aliphatic carbocycles. The Bertz CT molecular complexity index is 428. The fraction of sp³-hybridized carbons (Fsp3) is 0.667. The zero-order valence-electron chi connectivity index (χ0n) is 9.67. The summed E-state index contributed by atoms with van der Waals surface area (Å²) in [5.41, 5.74) is -0.313. The summed E-state index contributed by atoms with van der Waals surface area (Å²) in [5.74, 6) is -0.159. The Morgan fingerprint density at radius 1 is 1.71 bits per heavy atom. The van der Waals surface area contributed by atoms with Gasteiger partial charge in [-0.25, -0.2) is 9.89 Å². The molecule has 1 atom stereocenters. The summed E-state index contributed by atoms with van der Waals surface area (Å²) in [6, 6.07) is 0. The number of aromatic nitrogens is 3. The highest BCUT2D eigenvalue weighted by atomic mass is 32.2. The van der Waals surface area contributed by atoms with Crippen molar-refractivity contribution in [2.24, 2.45) is 7.05 Å². The normalized spacial score (nSPS) is 12.4. The lowest BCUT2D eigenvalue weighted by molar-refractivity contribution is -0.144. The van der Waals surface area contributed by atoms with Crippen LogP contribution in [-0.2, 0) is 16.6 Å². The largest absolute Gasteiger partial charge is 0.466 e. The van der Waals surface area contributed by atoms with Crippen molar-refractivity contribution >= 4 is 17.7 Å². The summed E-state index contributed by atoms with van der Waals surface area (Å²) in [6.45, 7) is 2.01. The maximum absolute atomic E-state index is 11.1. The van der Waals surface area contributed by atoms with Crippen molar-refractivity contribution in [1.29, 1.82) is 0 Å². The third-order valence-electron chi connectivity index (χ3n) is 1.95. The van der Waals surface area contributed by atoms with E-state index in [1.807, 2.05) is 0 Å². The number of hydrogen-bond acceptors (Lipinski definition) is 6. The lowest BCUT2D eigenvalue weighted by atomic mass is 10.3. The molecule has 0 aliphatic rings. The van der Waals surface area contributed by atoms with E-state index < -0.39 is 12.1 Å². The average molecular weight is 261 g/mol. The van der Waals surface area contributed by atoms with Crippen LogP contribution < -0.4 is 5.69 Å². The first-order chi connectivity index (χ1) is 8.04. The van der Waals surface area contributed by atoms with Crippen LogP contribution in [0, 0.1) is 0 Å². The first kappa shape index (κ1) is 13.8. The van der Waals surface area contributed by atoms with Gasteiger partial charge >= 0.3 is 11.7 Å². The molecule has 0 radical (unpaired) electrons. The first-order valence-corrected chi connectivity index (χ1v) is 6.11. The number of H-pyrrole nitrogens is 1. The van der Waals surface area contributed by atoms with Gasteiger partial charge < -0.3 is 9.84 Å². The number of aromatic amines is 1. The Hall–Kier alpha value is -1.28. The lowest BCUT2D eigenvalue weighted by Gasteiger charge is -2.08. The standard InChI is InChI=1S/C9H15N3O4S/c1-3-16-7(14)4-6(13)5-17-9-11-10-8(15)12(9)2/h6,13H,3-5H2,1-2H3,(H,10,15). The van der Waals surface area contributed by atoms with Gasteiger partial charge in [-0.05, 0) is 6.92 Å². The minimum absolute atomic E-state index is 0.0563. The first-order valence-electron chi connectivity index (χ1n) is 5.12. The second-order valence-corrected chi connectivity index (χ2v) is 4.33. The molecule has 1 heterocycles. The van der Waals surface area contributed by atoms with Crippen molar-refractivity contribution in [2.45, 2.75) is 24.6 Å². The van der Waals surface area contributed by atoms with Crippen LogP contribution in [0.15, 0.2) is 9.95 Å². The fourth-order valence-electron chi connectivity index (χ4n) is 1.10. The molecule has 1 unspecified atom stereocenters. The molecule has 0 aromatic carbocycles. The highest BCUT2D eigenvalue weighted by Crippen LogP contribution is 2.14. The summed E-state index contributed by atoms with van der Waals surface area (Å²) in [7, 11) is 1.58. The molecule has 0 bridgehead atoms. The molecule has 96 valence electrons. The van der Waals surface area contributed by atoms with Gasteiger partial charge in [0.25, 0.3) is 0 Å². The monoisotopic (exact) mass is 261 g/mol. The summed E-state index contributed by atoms with van der Waals surface area (Å²) in [6.07, 6.45) is -0.870. The second-order valence-electron chi connectivity index (χ2n) is 3.34. The van der Waals surface area contributed by atoms with Crippen LogP contribution in [-0.4, -0.2) is 44.3 Å². The molecule has 0 amide bonds. The number of carbonyl (C=O) groups is 1. The molecule has 2 N–H and O–H groups in total. The Morgan fingerprint density at radius 2 is 2.41 bits per heavy atom. The van der Waals surface area contributed by atoms with Crippen molar-refractivity contribution in [1.82, 2.24) is 14.8 Å². The zero-order chi connectivity index (χ0) is 12.8. The number of aliphatic hydroxyl groups is 1. The van der Waals surface area contributed by atoms with Gasteiger partial charge in [0.05, 0.1) is 19.1 Å². The van der Waals surface area contributed by atoms with Crippen molar-refractivity contribution < 1.29 is 14.6 Å². The van der Waals surface area contributed by atoms with E-state index in [0.717, 1.165) is 0 Å².